The van der Waals surface area contributed by atoms with Gasteiger partial charge in [0, 0.05) is 5.56 Å². The van der Waals surface area contributed by atoms with Crippen LogP contribution in [0.1, 0.15) is 38.1 Å². The summed E-state index contributed by atoms with van der Waals surface area (Å²) in [7, 11) is -1.84. The number of carbonyl (C=O) groups excluding carboxylic acids is 1. The van der Waals surface area contributed by atoms with Crippen LogP contribution >= 0.6 is 15.9 Å². The Morgan fingerprint density at radius 3 is 2.22 bits per heavy atom. The van der Waals surface area contributed by atoms with Crippen molar-refractivity contribution in [1.29, 1.82) is 0 Å². The first kappa shape index (κ1) is 15.4. The van der Waals surface area contributed by atoms with Crippen molar-refractivity contribution in [3.05, 3.63) is 28.2 Å². The Kier molecular flexibility index (Phi) is 4.44. The van der Waals surface area contributed by atoms with Crippen molar-refractivity contribution in [2.75, 3.05) is 0 Å². The standard InChI is InChI=1S/C14H21BrO2Si/c1-10(16)11-7-8-13(12(15)9-11)17-18(5,6)14(2,3)4/h7-9H,1-6H3. The fraction of sp³-hybridized carbons (Fsp3) is 0.500. The number of Topliss-reactive ketones (excluding diaryl/α,β-unsaturated/α-hetero) is 1. The number of hydrogen-bond acceptors (Lipinski definition) is 2. The molecule has 0 bridgehead atoms. The monoisotopic (exact) mass is 328 g/mol. The molecule has 1 aromatic carbocycles. The average Bonchev–Trinajstić information content (AvgIpc) is 2.18. The van der Waals surface area contributed by atoms with Gasteiger partial charge >= 0.3 is 0 Å². The van der Waals surface area contributed by atoms with Crippen LogP contribution in [0, 0.1) is 0 Å². The van der Waals surface area contributed by atoms with Crippen molar-refractivity contribution in [2.45, 2.75) is 45.8 Å². The molecule has 0 aromatic heterocycles. The van der Waals surface area contributed by atoms with E-state index in [9.17, 15) is 4.79 Å². The van der Waals surface area contributed by atoms with Gasteiger partial charge in [0.1, 0.15) is 5.75 Å². The van der Waals surface area contributed by atoms with Crippen LogP contribution in [0.25, 0.3) is 0 Å². The highest BCUT2D eigenvalue weighted by Crippen LogP contribution is 2.39. The third-order valence-corrected chi connectivity index (χ3v) is 8.47. The second-order valence-corrected chi connectivity index (χ2v) is 11.6. The molecule has 1 rings (SSSR count). The van der Waals surface area contributed by atoms with Crippen molar-refractivity contribution < 1.29 is 9.22 Å². The maximum atomic E-state index is 11.3. The molecule has 18 heavy (non-hydrogen) atoms. The van der Waals surface area contributed by atoms with Crippen LogP contribution in [0.4, 0.5) is 0 Å². The van der Waals surface area contributed by atoms with Gasteiger partial charge in [-0.25, -0.2) is 0 Å². The molecule has 2 nitrogen and oxygen atoms in total. The van der Waals surface area contributed by atoms with Crippen LogP contribution < -0.4 is 4.43 Å². The molecule has 0 aliphatic rings. The van der Waals surface area contributed by atoms with Gasteiger partial charge in [0.05, 0.1) is 4.47 Å². The molecule has 0 unspecified atom stereocenters. The summed E-state index contributed by atoms with van der Waals surface area (Å²) in [6, 6.07) is 5.52. The normalized spacial score (nSPS) is 12.4. The maximum absolute atomic E-state index is 11.3. The van der Waals surface area contributed by atoms with Crippen molar-refractivity contribution in [3.63, 3.8) is 0 Å². The summed E-state index contributed by atoms with van der Waals surface area (Å²) in [6.07, 6.45) is 0. The largest absolute Gasteiger partial charge is 0.543 e. The van der Waals surface area contributed by atoms with E-state index in [1.165, 1.54) is 0 Å². The van der Waals surface area contributed by atoms with Crippen LogP contribution in [0.5, 0.6) is 5.75 Å². The second-order valence-electron chi connectivity index (χ2n) is 6.06. The van der Waals surface area contributed by atoms with Gasteiger partial charge < -0.3 is 4.43 Å². The first-order chi connectivity index (χ1) is 8.04. The molecule has 0 N–H and O–H groups in total. The number of hydrogen-bond donors (Lipinski definition) is 0. The molecule has 0 spiro atoms. The Bertz CT molecular complexity index is 461. The molecule has 0 amide bonds. The summed E-state index contributed by atoms with van der Waals surface area (Å²) in [5.41, 5.74) is 0.699. The fourth-order valence-electron chi connectivity index (χ4n) is 1.23. The molecular formula is C14H21BrO2Si. The Hall–Kier alpha value is -0.613. The van der Waals surface area contributed by atoms with E-state index in [4.69, 9.17) is 4.43 Å². The lowest BCUT2D eigenvalue weighted by Crippen LogP contribution is -2.43. The zero-order valence-corrected chi connectivity index (χ0v) is 14.5. The van der Waals surface area contributed by atoms with E-state index in [-0.39, 0.29) is 10.8 Å². The summed E-state index contributed by atoms with van der Waals surface area (Å²) >= 11 is 3.48. The van der Waals surface area contributed by atoms with Crippen LogP contribution in [-0.4, -0.2) is 14.1 Å². The quantitative estimate of drug-likeness (QED) is 0.574. The minimum atomic E-state index is -1.84. The van der Waals surface area contributed by atoms with Gasteiger partial charge in [-0.1, -0.05) is 20.8 Å². The third kappa shape index (κ3) is 3.45. The van der Waals surface area contributed by atoms with Gasteiger partial charge in [0.15, 0.2) is 5.78 Å². The van der Waals surface area contributed by atoms with Gasteiger partial charge in [-0.05, 0) is 59.2 Å². The van der Waals surface area contributed by atoms with Crippen LogP contribution in [0.2, 0.25) is 18.1 Å². The lowest BCUT2D eigenvalue weighted by molar-refractivity contribution is 0.101. The number of carbonyl (C=O) groups is 1. The van der Waals surface area contributed by atoms with Crippen molar-refractivity contribution in [3.8, 4) is 5.75 Å². The van der Waals surface area contributed by atoms with E-state index in [2.05, 4.69) is 49.8 Å². The molecule has 0 saturated heterocycles. The Labute approximate surface area is 119 Å². The van der Waals surface area contributed by atoms with E-state index in [1.54, 1.807) is 6.92 Å². The van der Waals surface area contributed by atoms with E-state index in [0.717, 1.165) is 10.2 Å². The van der Waals surface area contributed by atoms with Crippen molar-refractivity contribution in [2.24, 2.45) is 0 Å². The highest BCUT2D eigenvalue weighted by atomic mass is 79.9. The molecular weight excluding hydrogens is 308 g/mol. The van der Waals surface area contributed by atoms with Crippen molar-refractivity contribution >= 4 is 30.0 Å². The van der Waals surface area contributed by atoms with Crippen LogP contribution in [-0.2, 0) is 0 Å². The van der Waals surface area contributed by atoms with E-state index >= 15 is 0 Å². The van der Waals surface area contributed by atoms with Crippen molar-refractivity contribution in [1.82, 2.24) is 0 Å². The van der Waals surface area contributed by atoms with Crippen LogP contribution in [0.15, 0.2) is 22.7 Å². The summed E-state index contributed by atoms with van der Waals surface area (Å²) in [5, 5.41) is 0.158. The zero-order chi connectivity index (χ0) is 14.1. The molecule has 0 atom stereocenters. The smallest absolute Gasteiger partial charge is 0.250 e. The average molecular weight is 329 g/mol. The van der Waals surface area contributed by atoms with Crippen LogP contribution in [0.3, 0.4) is 0 Å². The lowest BCUT2D eigenvalue weighted by Gasteiger charge is -2.36. The molecule has 0 aliphatic heterocycles. The molecule has 0 heterocycles. The minimum Gasteiger partial charge on any atom is -0.543 e. The number of halogens is 1. The topological polar surface area (TPSA) is 26.3 Å². The minimum absolute atomic E-state index is 0.0644. The first-order valence-corrected chi connectivity index (χ1v) is 9.74. The number of ketones is 1. The SMILES string of the molecule is CC(=O)c1ccc(O[Si](C)(C)C(C)(C)C)c(Br)c1. The molecule has 0 aliphatic carbocycles. The summed E-state index contributed by atoms with van der Waals surface area (Å²) < 4.78 is 7.06. The molecule has 0 saturated carbocycles. The number of rotatable bonds is 3. The molecule has 4 heteroatoms. The maximum Gasteiger partial charge on any atom is 0.250 e. The summed E-state index contributed by atoms with van der Waals surface area (Å²) in [6.45, 7) is 12.6. The van der Waals surface area contributed by atoms with E-state index in [0.29, 0.717) is 5.56 Å². The van der Waals surface area contributed by atoms with Gasteiger partial charge in [-0.3, -0.25) is 4.79 Å². The Balaban J connectivity index is 3.03. The highest BCUT2D eigenvalue weighted by molar-refractivity contribution is 9.10. The van der Waals surface area contributed by atoms with Gasteiger partial charge in [0.2, 0.25) is 0 Å². The first-order valence-electron chi connectivity index (χ1n) is 6.04. The van der Waals surface area contributed by atoms with E-state index in [1.807, 2.05) is 18.2 Å². The molecule has 1 aromatic rings. The lowest BCUT2D eigenvalue weighted by atomic mass is 10.1. The summed E-state index contributed by atoms with van der Waals surface area (Å²) in [4.78, 5) is 11.3. The second kappa shape index (κ2) is 5.17. The molecule has 0 radical (unpaired) electrons. The van der Waals surface area contributed by atoms with Gasteiger partial charge in [0.25, 0.3) is 8.32 Å². The Morgan fingerprint density at radius 1 is 1.28 bits per heavy atom. The number of benzene rings is 1. The van der Waals surface area contributed by atoms with E-state index < -0.39 is 8.32 Å². The van der Waals surface area contributed by atoms with Gasteiger partial charge in [-0.2, -0.15) is 0 Å². The third-order valence-electron chi connectivity index (χ3n) is 3.51. The summed E-state index contributed by atoms with van der Waals surface area (Å²) in [5.74, 6) is 0.890. The van der Waals surface area contributed by atoms with Gasteiger partial charge in [-0.15, -0.1) is 0 Å². The Morgan fingerprint density at radius 2 is 1.83 bits per heavy atom. The highest BCUT2D eigenvalue weighted by Gasteiger charge is 2.39. The molecule has 100 valence electrons. The predicted molar refractivity (Wildman–Crippen MR) is 82.0 cm³/mol. The molecule has 0 fully saturated rings. The zero-order valence-electron chi connectivity index (χ0n) is 11.9. The fourth-order valence-corrected chi connectivity index (χ4v) is 2.87. The predicted octanol–water partition coefficient (Wildman–Crippen LogP) is 5.04.